The lowest BCUT2D eigenvalue weighted by Crippen LogP contribution is -2.38. The van der Waals surface area contributed by atoms with E-state index < -0.39 is 17.7 Å². The zero-order chi connectivity index (χ0) is 23.3. The molecule has 1 atom stereocenters. The maximum atomic E-state index is 13.1. The number of carbonyl (C=O) groups is 2. The molecular formula is C25H30N2O5. The summed E-state index contributed by atoms with van der Waals surface area (Å²) >= 11 is 0. The van der Waals surface area contributed by atoms with E-state index in [4.69, 9.17) is 9.47 Å². The molecule has 0 spiro atoms. The quantitative estimate of drug-likeness (QED) is 0.367. The number of hydrogen-bond donors (Lipinski definition) is 1. The van der Waals surface area contributed by atoms with Crippen LogP contribution in [0.25, 0.3) is 5.76 Å². The number of nitrogens with zero attached hydrogens (tertiary/aromatic N) is 2. The number of Topliss-reactive ketones (excluding diaryl/α,β-unsaturated/α-hetero) is 1. The van der Waals surface area contributed by atoms with E-state index >= 15 is 0 Å². The van der Waals surface area contributed by atoms with Gasteiger partial charge in [0.1, 0.15) is 17.3 Å². The minimum atomic E-state index is -0.716. The topological polar surface area (TPSA) is 79.3 Å². The number of carbonyl (C=O) groups excluding carboxylic acids is 2. The summed E-state index contributed by atoms with van der Waals surface area (Å²) in [7, 11) is 3.09. The molecule has 1 N–H and O–H groups in total. The van der Waals surface area contributed by atoms with Crippen molar-refractivity contribution in [3.8, 4) is 11.5 Å². The zero-order valence-electron chi connectivity index (χ0n) is 19.0. The number of methoxy groups -OCH3 is 2. The second kappa shape index (κ2) is 10.3. The predicted molar refractivity (Wildman–Crippen MR) is 123 cm³/mol. The Balaban J connectivity index is 2.12. The van der Waals surface area contributed by atoms with E-state index in [-0.39, 0.29) is 11.3 Å². The molecule has 1 aliphatic heterocycles. The molecule has 170 valence electrons. The minimum absolute atomic E-state index is 0.0658. The lowest BCUT2D eigenvalue weighted by molar-refractivity contribution is -0.140. The van der Waals surface area contributed by atoms with Gasteiger partial charge in [0.15, 0.2) is 0 Å². The average Bonchev–Trinajstić information content (AvgIpc) is 3.09. The highest BCUT2D eigenvalue weighted by atomic mass is 16.5. The molecule has 1 amide bonds. The predicted octanol–water partition coefficient (Wildman–Crippen LogP) is 3.47. The van der Waals surface area contributed by atoms with Crippen LogP contribution in [0.1, 0.15) is 31.0 Å². The van der Waals surface area contributed by atoms with Gasteiger partial charge in [0.25, 0.3) is 11.7 Å². The van der Waals surface area contributed by atoms with Gasteiger partial charge in [-0.25, -0.2) is 0 Å². The van der Waals surface area contributed by atoms with E-state index in [2.05, 4.69) is 18.7 Å². The summed E-state index contributed by atoms with van der Waals surface area (Å²) in [5.74, 6) is -0.381. The van der Waals surface area contributed by atoms with Crippen molar-refractivity contribution in [2.24, 2.45) is 0 Å². The Morgan fingerprint density at radius 1 is 1.00 bits per heavy atom. The van der Waals surface area contributed by atoms with E-state index in [0.717, 1.165) is 13.1 Å². The molecule has 1 unspecified atom stereocenters. The number of benzene rings is 2. The average molecular weight is 439 g/mol. The Morgan fingerprint density at radius 2 is 1.62 bits per heavy atom. The molecule has 1 aliphatic rings. The van der Waals surface area contributed by atoms with Gasteiger partial charge in [-0.1, -0.05) is 38.1 Å². The molecule has 1 fully saturated rings. The maximum absolute atomic E-state index is 13.1. The van der Waals surface area contributed by atoms with Crippen LogP contribution in [0.5, 0.6) is 11.5 Å². The molecular weight excluding hydrogens is 408 g/mol. The number of likely N-dealkylation sites (tertiary alicyclic amines) is 1. The molecule has 7 nitrogen and oxygen atoms in total. The third-order valence-corrected chi connectivity index (χ3v) is 5.84. The normalized spacial score (nSPS) is 17.8. The van der Waals surface area contributed by atoms with Gasteiger partial charge in [0.05, 0.1) is 25.8 Å². The Labute approximate surface area is 188 Å². The van der Waals surface area contributed by atoms with Crippen molar-refractivity contribution in [1.29, 1.82) is 0 Å². The van der Waals surface area contributed by atoms with Gasteiger partial charge in [-0.2, -0.15) is 0 Å². The molecule has 0 saturated carbocycles. The molecule has 7 heteroatoms. The van der Waals surface area contributed by atoms with Crippen LogP contribution in [-0.2, 0) is 9.59 Å². The van der Waals surface area contributed by atoms with Crippen molar-refractivity contribution in [3.63, 3.8) is 0 Å². The number of aliphatic hydroxyl groups excluding tert-OH is 1. The first-order chi connectivity index (χ1) is 15.4. The molecule has 0 aliphatic carbocycles. The number of amides is 1. The van der Waals surface area contributed by atoms with E-state index in [1.54, 1.807) is 48.4 Å². The smallest absolute Gasteiger partial charge is 0.295 e. The summed E-state index contributed by atoms with van der Waals surface area (Å²) in [6.07, 6.45) is 0. The fourth-order valence-corrected chi connectivity index (χ4v) is 3.98. The van der Waals surface area contributed by atoms with Gasteiger partial charge >= 0.3 is 0 Å². The lowest BCUT2D eigenvalue weighted by atomic mass is 9.95. The molecule has 2 aromatic rings. The van der Waals surface area contributed by atoms with Gasteiger partial charge in [0, 0.05) is 18.7 Å². The second-order valence-corrected chi connectivity index (χ2v) is 7.53. The molecule has 1 saturated heterocycles. The highest BCUT2D eigenvalue weighted by molar-refractivity contribution is 6.46. The Kier molecular flexibility index (Phi) is 7.53. The van der Waals surface area contributed by atoms with Gasteiger partial charge in [-0.3, -0.25) is 9.59 Å². The summed E-state index contributed by atoms with van der Waals surface area (Å²) < 4.78 is 10.6. The number of ketones is 1. The maximum Gasteiger partial charge on any atom is 0.295 e. The Hall–Kier alpha value is -3.32. The third kappa shape index (κ3) is 4.62. The second-order valence-electron chi connectivity index (χ2n) is 7.53. The lowest BCUT2D eigenvalue weighted by Gasteiger charge is -2.28. The van der Waals surface area contributed by atoms with Crippen LogP contribution in [0, 0.1) is 0 Å². The summed E-state index contributed by atoms with van der Waals surface area (Å²) in [5, 5.41) is 11.2. The van der Waals surface area contributed by atoms with Crippen LogP contribution in [0.15, 0.2) is 54.1 Å². The largest absolute Gasteiger partial charge is 0.507 e. The van der Waals surface area contributed by atoms with Crippen LogP contribution in [-0.4, -0.2) is 67.0 Å². The standard InChI is InChI=1S/C25H30N2O5/c1-5-26(6-2)13-14-27-22(17-9-7-11-19(15-17)31-3)21(24(29)25(27)30)23(28)18-10-8-12-20(16-18)32-4/h7-12,15-16,22,28H,5-6,13-14H2,1-4H3. The van der Waals surface area contributed by atoms with E-state index in [1.165, 1.54) is 7.11 Å². The van der Waals surface area contributed by atoms with Crippen molar-refractivity contribution in [1.82, 2.24) is 9.80 Å². The summed E-state index contributed by atoms with van der Waals surface area (Å²) in [4.78, 5) is 29.9. The number of ether oxygens (including phenoxy) is 2. The van der Waals surface area contributed by atoms with Gasteiger partial charge in [-0.15, -0.1) is 0 Å². The van der Waals surface area contributed by atoms with Crippen molar-refractivity contribution in [2.75, 3.05) is 40.4 Å². The molecule has 3 rings (SSSR count). The number of rotatable bonds is 9. The highest BCUT2D eigenvalue weighted by Crippen LogP contribution is 2.40. The molecule has 0 bridgehead atoms. The monoisotopic (exact) mass is 438 g/mol. The summed E-state index contributed by atoms with van der Waals surface area (Å²) in [6, 6.07) is 13.3. The van der Waals surface area contributed by atoms with Crippen molar-refractivity contribution in [2.45, 2.75) is 19.9 Å². The molecule has 2 aromatic carbocycles. The Morgan fingerprint density at radius 3 is 2.25 bits per heavy atom. The fourth-order valence-electron chi connectivity index (χ4n) is 3.98. The Bertz CT molecular complexity index is 1010. The van der Waals surface area contributed by atoms with Gasteiger partial charge in [0.2, 0.25) is 0 Å². The van der Waals surface area contributed by atoms with Crippen molar-refractivity contribution >= 4 is 17.4 Å². The minimum Gasteiger partial charge on any atom is -0.507 e. The first kappa shape index (κ1) is 23.3. The summed E-state index contributed by atoms with van der Waals surface area (Å²) in [6.45, 7) is 6.78. The van der Waals surface area contributed by atoms with E-state index in [9.17, 15) is 14.7 Å². The van der Waals surface area contributed by atoms with E-state index in [1.807, 2.05) is 12.1 Å². The highest BCUT2D eigenvalue weighted by Gasteiger charge is 2.46. The van der Waals surface area contributed by atoms with Crippen LogP contribution < -0.4 is 9.47 Å². The number of likely N-dealkylation sites (N-methyl/N-ethyl adjacent to an activating group) is 1. The first-order valence-corrected chi connectivity index (χ1v) is 10.7. The third-order valence-electron chi connectivity index (χ3n) is 5.84. The van der Waals surface area contributed by atoms with Gasteiger partial charge in [-0.05, 0) is 42.9 Å². The molecule has 1 heterocycles. The van der Waals surface area contributed by atoms with Crippen LogP contribution in [0.4, 0.5) is 0 Å². The first-order valence-electron chi connectivity index (χ1n) is 10.7. The van der Waals surface area contributed by atoms with E-state index in [0.29, 0.717) is 35.7 Å². The fraction of sp³-hybridized carbons (Fsp3) is 0.360. The van der Waals surface area contributed by atoms with Crippen LogP contribution in [0.2, 0.25) is 0 Å². The molecule has 32 heavy (non-hydrogen) atoms. The SMILES string of the molecule is CCN(CC)CCN1C(=O)C(=O)C(=C(O)c2cccc(OC)c2)C1c1cccc(OC)c1. The number of hydrogen-bond acceptors (Lipinski definition) is 6. The summed E-state index contributed by atoms with van der Waals surface area (Å²) in [5.41, 5.74) is 1.18. The van der Waals surface area contributed by atoms with Gasteiger partial charge < -0.3 is 24.4 Å². The number of aliphatic hydroxyl groups is 1. The van der Waals surface area contributed by atoms with Crippen molar-refractivity contribution in [3.05, 3.63) is 65.2 Å². The zero-order valence-corrected chi connectivity index (χ0v) is 19.0. The van der Waals surface area contributed by atoms with Crippen LogP contribution in [0.3, 0.4) is 0 Å². The van der Waals surface area contributed by atoms with Crippen LogP contribution >= 0.6 is 0 Å². The molecule has 0 radical (unpaired) electrons. The van der Waals surface area contributed by atoms with Crippen molar-refractivity contribution < 1.29 is 24.2 Å². The molecule has 0 aromatic heterocycles.